The second-order valence-electron chi connectivity index (χ2n) is 7.96. The Kier molecular flexibility index (Phi) is 6.96. The van der Waals surface area contributed by atoms with Crippen molar-refractivity contribution in [2.45, 2.75) is 32.9 Å². The molecule has 0 aliphatic carbocycles. The number of hydrogen-bond acceptors (Lipinski definition) is 6. The minimum Gasteiger partial charge on any atom is -0.493 e. The van der Waals surface area contributed by atoms with Gasteiger partial charge in [-0.1, -0.05) is 36.4 Å². The summed E-state index contributed by atoms with van der Waals surface area (Å²) in [4.78, 5) is 12.0. The van der Waals surface area contributed by atoms with Crippen LogP contribution in [-0.2, 0) is 11.3 Å². The SMILES string of the molecule is COc1cc(CNn2c(-c3ccccc3)n[nH]c2=S)ccc1OCC(=O)NC(C)(C)C. The number of ether oxygens (including phenoxy) is 2. The molecule has 0 saturated heterocycles. The number of H-pyrrole nitrogens is 1. The second kappa shape index (κ2) is 9.65. The van der Waals surface area contributed by atoms with E-state index in [2.05, 4.69) is 20.9 Å². The van der Waals surface area contributed by atoms with Crippen molar-refractivity contribution in [1.29, 1.82) is 0 Å². The van der Waals surface area contributed by atoms with Crippen LogP contribution in [0.5, 0.6) is 11.5 Å². The number of carbonyl (C=O) groups excluding carboxylic acids is 1. The molecule has 0 spiro atoms. The Morgan fingerprint density at radius 3 is 2.58 bits per heavy atom. The highest BCUT2D eigenvalue weighted by atomic mass is 32.1. The number of rotatable bonds is 8. The molecule has 0 aliphatic heterocycles. The molecule has 8 nitrogen and oxygen atoms in total. The van der Waals surface area contributed by atoms with Crippen LogP contribution < -0.4 is 20.2 Å². The van der Waals surface area contributed by atoms with Gasteiger partial charge < -0.3 is 20.2 Å². The highest BCUT2D eigenvalue weighted by Gasteiger charge is 2.15. The number of nitrogens with zero attached hydrogens (tertiary/aromatic N) is 2. The largest absolute Gasteiger partial charge is 0.493 e. The minimum atomic E-state index is -0.313. The zero-order valence-corrected chi connectivity index (χ0v) is 18.9. The third kappa shape index (κ3) is 6.08. The summed E-state index contributed by atoms with van der Waals surface area (Å²) in [7, 11) is 1.56. The molecule has 9 heteroatoms. The Hall–Kier alpha value is -3.33. The van der Waals surface area contributed by atoms with Gasteiger partial charge in [-0.25, -0.2) is 9.77 Å². The van der Waals surface area contributed by atoms with Crippen LogP contribution in [0.1, 0.15) is 26.3 Å². The molecule has 1 amide bonds. The number of methoxy groups -OCH3 is 1. The molecule has 164 valence electrons. The fourth-order valence-electron chi connectivity index (χ4n) is 2.93. The molecule has 2 aromatic carbocycles. The topological polar surface area (TPSA) is 93.2 Å². The first-order chi connectivity index (χ1) is 14.8. The molecule has 1 heterocycles. The van der Waals surface area contributed by atoms with E-state index in [4.69, 9.17) is 21.7 Å². The van der Waals surface area contributed by atoms with E-state index in [9.17, 15) is 4.79 Å². The maximum Gasteiger partial charge on any atom is 0.258 e. The van der Waals surface area contributed by atoms with Crippen LogP contribution in [-0.4, -0.2) is 40.0 Å². The van der Waals surface area contributed by atoms with Crippen molar-refractivity contribution in [1.82, 2.24) is 20.2 Å². The van der Waals surface area contributed by atoms with Crippen LogP contribution in [0.3, 0.4) is 0 Å². The third-order valence-electron chi connectivity index (χ3n) is 4.25. The molecule has 0 bridgehead atoms. The summed E-state index contributed by atoms with van der Waals surface area (Å²) in [5.74, 6) is 1.55. The van der Waals surface area contributed by atoms with Gasteiger partial charge in [-0.05, 0) is 50.7 Å². The van der Waals surface area contributed by atoms with Gasteiger partial charge in [0.1, 0.15) is 0 Å². The standard InChI is InChI=1S/C22H27N5O3S/c1-22(2,3)24-19(28)14-30-17-11-10-15(12-18(17)29-4)13-23-27-20(25-26-21(27)31)16-8-6-5-7-9-16/h5-12,23H,13-14H2,1-4H3,(H,24,28)(H,26,31). The second-order valence-corrected chi connectivity index (χ2v) is 8.35. The van der Waals surface area contributed by atoms with Crippen LogP contribution in [0.2, 0.25) is 0 Å². The normalized spacial score (nSPS) is 11.1. The number of hydrogen-bond donors (Lipinski definition) is 3. The fraction of sp³-hybridized carbons (Fsp3) is 0.318. The first-order valence-corrected chi connectivity index (χ1v) is 10.2. The maximum absolute atomic E-state index is 12.0. The summed E-state index contributed by atoms with van der Waals surface area (Å²) in [5, 5.41) is 9.99. The number of nitrogens with one attached hydrogen (secondary N) is 3. The zero-order valence-electron chi connectivity index (χ0n) is 18.1. The molecular formula is C22H27N5O3S. The van der Waals surface area contributed by atoms with Crippen LogP contribution in [0.4, 0.5) is 0 Å². The Morgan fingerprint density at radius 2 is 1.90 bits per heavy atom. The lowest BCUT2D eigenvalue weighted by atomic mass is 10.1. The maximum atomic E-state index is 12.0. The fourth-order valence-corrected chi connectivity index (χ4v) is 3.13. The van der Waals surface area contributed by atoms with Crippen molar-refractivity contribution in [3.05, 3.63) is 58.9 Å². The van der Waals surface area contributed by atoms with E-state index in [1.54, 1.807) is 17.9 Å². The average molecular weight is 442 g/mol. The molecule has 3 aromatic rings. The molecule has 0 radical (unpaired) electrons. The summed E-state index contributed by atoms with van der Waals surface area (Å²) in [6.45, 7) is 6.15. The summed E-state index contributed by atoms with van der Waals surface area (Å²) in [5.41, 5.74) is 4.86. The molecule has 0 fully saturated rings. The lowest BCUT2D eigenvalue weighted by molar-refractivity contribution is -0.124. The average Bonchev–Trinajstić information content (AvgIpc) is 3.10. The van der Waals surface area contributed by atoms with Crippen LogP contribution in [0.25, 0.3) is 11.4 Å². The molecular weight excluding hydrogens is 414 g/mol. The van der Waals surface area contributed by atoms with Gasteiger partial charge in [0, 0.05) is 11.1 Å². The van der Waals surface area contributed by atoms with Crippen LogP contribution in [0.15, 0.2) is 48.5 Å². The van der Waals surface area contributed by atoms with E-state index in [1.807, 2.05) is 63.2 Å². The van der Waals surface area contributed by atoms with Gasteiger partial charge in [0.2, 0.25) is 4.77 Å². The van der Waals surface area contributed by atoms with E-state index in [0.717, 1.165) is 11.1 Å². The Balaban J connectivity index is 1.68. The highest BCUT2D eigenvalue weighted by molar-refractivity contribution is 7.71. The lowest BCUT2D eigenvalue weighted by Crippen LogP contribution is -2.43. The van der Waals surface area contributed by atoms with Gasteiger partial charge in [-0.15, -0.1) is 0 Å². The van der Waals surface area contributed by atoms with Crippen molar-refractivity contribution >= 4 is 18.1 Å². The first-order valence-electron chi connectivity index (χ1n) is 9.84. The quantitative estimate of drug-likeness (QED) is 0.462. The number of benzene rings is 2. The van der Waals surface area contributed by atoms with E-state index >= 15 is 0 Å². The van der Waals surface area contributed by atoms with Crippen LogP contribution in [0, 0.1) is 4.77 Å². The minimum absolute atomic E-state index is 0.0875. The number of aromatic amines is 1. The predicted molar refractivity (Wildman–Crippen MR) is 122 cm³/mol. The molecule has 3 rings (SSSR count). The summed E-state index contributed by atoms with van der Waals surface area (Å²) < 4.78 is 13.3. The molecule has 0 atom stereocenters. The first kappa shape index (κ1) is 22.4. The lowest BCUT2D eigenvalue weighted by Gasteiger charge is -2.20. The molecule has 0 saturated carbocycles. The Labute approximate surface area is 186 Å². The molecule has 3 N–H and O–H groups in total. The van der Waals surface area contributed by atoms with Crippen molar-refractivity contribution in [3.8, 4) is 22.9 Å². The predicted octanol–water partition coefficient (Wildman–Crippen LogP) is 3.65. The van der Waals surface area contributed by atoms with Crippen molar-refractivity contribution in [2.75, 3.05) is 19.1 Å². The Morgan fingerprint density at radius 1 is 1.16 bits per heavy atom. The van der Waals surface area contributed by atoms with Crippen molar-refractivity contribution in [3.63, 3.8) is 0 Å². The number of carbonyl (C=O) groups is 1. The van der Waals surface area contributed by atoms with Gasteiger partial charge >= 0.3 is 0 Å². The summed E-state index contributed by atoms with van der Waals surface area (Å²) in [6.07, 6.45) is 0. The van der Waals surface area contributed by atoms with Gasteiger partial charge in [-0.2, -0.15) is 5.10 Å². The molecule has 1 aromatic heterocycles. The zero-order chi connectivity index (χ0) is 22.4. The van der Waals surface area contributed by atoms with Crippen molar-refractivity contribution in [2.24, 2.45) is 0 Å². The Bertz CT molecular complexity index is 1090. The highest BCUT2D eigenvalue weighted by Crippen LogP contribution is 2.28. The third-order valence-corrected chi connectivity index (χ3v) is 4.52. The van der Waals surface area contributed by atoms with Gasteiger partial charge in [-0.3, -0.25) is 4.79 Å². The molecule has 0 unspecified atom stereocenters. The number of aromatic nitrogens is 3. The summed E-state index contributed by atoms with van der Waals surface area (Å²) >= 11 is 5.35. The smallest absolute Gasteiger partial charge is 0.258 e. The van der Waals surface area contributed by atoms with E-state index in [-0.39, 0.29) is 18.1 Å². The van der Waals surface area contributed by atoms with E-state index < -0.39 is 0 Å². The van der Waals surface area contributed by atoms with E-state index in [1.165, 1.54) is 0 Å². The van der Waals surface area contributed by atoms with Gasteiger partial charge in [0.05, 0.1) is 13.7 Å². The van der Waals surface area contributed by atoms with Gasteiger partial charge in [0.25, 0.3) is 5.91 Å². The number of amides is 1. The monoisotopic (exact) mass is 441 g/mol. The van der Waals surface area contributed by atoms with Crippen LogP contribution >= 0.6 is 12.2 Å². The molecule has 31 heavy (non-hydrogen) atoms. The van der Waals surface area contributed by atoms with Gasteiger partial charge in [0.15, 0.2) is 23.9 Å². The van der Waals surface area contributed by atoms with Crippen molar-refractivity contribution < 1.29 is 14.3 Å². The molecule has 0 aliphatic rings. The summed E-state index contributed by atoms with van der Waals surface area (Å²) in [6, 6.07) is 15.3. The van der Waals surface area contributed by atoms with E-state index in [0.29, 0.717) is 28.6 Å².